The molecule has 1 aromatic rings. The molecule has 0 spiro atoms. The summed E-state index contributed by atoms with van der Waals surface area (Å²) in [7, 11) is 0. The zero-order valence-corrected chi connectivity index (χ0v) is 10.5. The smallest absolute Gasteiger partial charge is 0.0463 e. The molecule has 1 rings (SSSR count). The standard InChI is InChI=1S/C13H22N2/c1-10-7-6-8-11(15-10)12(2,3)9-13(4,5)14/h6-8H,9,14H2,1-5H3. The van der Waals surface area contributed by atoms with Crippen molar-refractivity contribution in [1.29, 1.82) is 0 Å². The van der Waals surface area contributed by atoms with Crippen LogP contribution in [0.4, 0.5) is 0 Å². The Morgan fingerprint density at radius 2 is 1.80 bits per heavy atom. The lowest BCUT2D eigenvalue weighted by Crippen LogP contribution is -2.39. The third-order valence-corrected chi connectivity index (χ3v) is 2.48. The molecule has 0 atom stereocenters. The highest BCUT2D eigenvalue weighted by Gasteiger charge is 2.28. The molecule has 0 saturated heterocycles. The van der Waals surface area contributed by atoms with E-state index in [1.165, 1.54) is 0 Å². The summed E-state index contributed by atoms with van der Waals surface area (Å²) in [5.41, 5.74) is 8.13. The summed E-state index contributed by atoms with van der Waals surface area (Å²) in [4.78, 5) is 4.57. The van der Waals surface area contributed by atoms with Crippen molar-refractivity contribution in [3.8, 4) is 0 Å². The number of nitrogens with zero attached hydrogens (tertiary/aromatic N) is 1. The molecule has 0 aromatic carbocycles. The molecule has 0 bridgehead atoms. The van der Waals surface area contributed by atoms with E-state index < -0.39 is 0 Å². The van der Waals surface area contributed by atoms with E-state index in [0.29, 0.717) is 0 Å². The minimum Gasteiger partial charge on any atom is -0.326 e. The molecule has 2 nitrogen and oxygen atoms in total. The Morgan fingerprint density at radius 1 is 1.20 bits per heavy atom. The number of hydrogen-bond acceptors (Lipinski definition) is 2. The lowest BCUT2D eigenvalue weighted by molar-refractivity contribution is 0.344. The van der Waals surface area contributed by atoms with Gasteiger partial charge in [-0.2, -0.15) is 0 Å². The fraction of sp³-hybridized carbons (Fsp3) is 0.615. The van der Waals surface area contributed by atoms with Crippen molar-refractivity contribution in [1.82, 2.24) is 4.98 Å². The summed E-state index contributed by atoms with van der Waals surface area (Å²) in [6, 6.07) is 6.16. The maximum Gasteiger partial charge on any atom is 0.0463 e. The molecule has 0 fully saturated rings. The van der Waals surface area contributed by atoms with Crippen molar-refractivity contribution < 1.29 is 0 Å². The zero-order chi connectivity index (χ0) is 11.7. The molecule has 2 heteroatoms. The fourth-order valence-electron chi connectivity index (χ4n) is 2.15. The highest BCUT2D eigenvalue weighted by molar-refractivity contribution is 5.18. The van der Waals surface area contributed by atoms with Gasteiger partial charge in [-0.15, -0.1) is 0 Å². The largest absolute Gasteiger partial charge is 0.326 e. The van der Waals surface area contributed by atoms with Gasteiger partial charge in [0, 0.05) is 22.3 Å². The third-order valence-electron chi connectivity index (χ3n) is 2.48. The molecule has 0 aliphatic rings. The Morgan fingerprint density at radius 3 is 2.27 bits per heavy atom. The summed E-state index contributed by atoms with van der Waals surface area (Å²) < 4.78 is 0. The Kier molecular flexibility index (Phi) is 3.19. The number of rotatable bonds is 3. The highest BCUT2D eigenvalue weighted by Crippen LogP contribution is 2.29. The van der Waals surface area contributed by atoms with E-state index in [9.17, 15) is 0 Å². The van der Waals surface area contributed by atoms with Crippen LogP contribution in [0, 0.1) is 6.92 Å². The van der Waals surface area contributed by atoms with Crippen molar-refractivity contribution in [2.24, 2.45) is 5.73 Å². The van der Waals surface area contributed by atoms with E-state index in [2.05, 4.69) is 44.8 Å². The van der Waals surface area contributed by atoms with Crippen LogP contribution in [0.1, 0.15) is 45.5 Å². The van der Waals surface area contributed by atoms with Crippen LogP contribution in [0.25, 0.3) is 0 Å². The van der Waals surface area contributed by atoms with Crippen LogP contribution in [0.3, 0.4) is 0 Å². The zero-order valence-electron chi connectivity index (χ0n) is 10.5. The molecule has 84 valence electrons. The topological polar surface area (TPSA) is 38.9 Å². The first-order valence-electron chi connectivity index (χ1n) is 5.44. The molecule has 0 unspecified atom stereocenters. The van der Waals surface area contributed by atoms with E-state index in [1.54, 1.807) is 0 Å². The second kappa shape index (κ2) is 3.93. The number of aromatic nitrogens is 1. The van der Waals surface area contributed by atoms with Gasteiger partial charge in [0.2, 0.25) is 0 Å². The maximum absolute atomic E-state index is 6.07. The number of aryl methyl sites for hydroxylation is 1. The average Bonchev–Trinajstić information content (AvgIpc) is 1.99. The van der Waals surface area contributed by atoms with E-state index in [1.807, 2.05) is 13.0 Å². The van der Waals surface area contributed by atoms with Crippen LogP contribution >= 0.6 is 0 Å². The molecule has 0 amide bonds. The fourth-order valence-corrected chi connectivity index (χ4v) is 2.15. The van der Waals surface area contributed by atoms with Gasteiger partial charge in [0.15, 0.2) is 0 Å². The first-order valence-corrected chi connectivity index (χ1v) is 5.44. The SMILES string of the molecule is Cc1cccc(C(C)(C)CC(C)(C)N)n1. The quantitative estimate of drug-likeness (QED) is 0.826. The summed E-state index contributed by atoms with van der Waals surface area (Å²) in [5, 5.41) is 0. The minimum atomic E-state index is -0.158. The van der Waals surface area contributed by atoms with E-state index in [-0.39, 0.29) is 11.0 Å². The molecular weight excluding hydrogens is 184 g/mol. The number of hydrogen-bond donors (Lipinski definition) is 1. The Balaban J connectivity index is 2.95. The van der Waals surface area contributed by atoms with Gasteiger partial charge in [-0.25, -0.2) is 0 Å². The van der Waals surface area contributed by atoms with Crippen LogP contribution < -0.4 is 5.73 Å². The number of pyridine rings is 1. The second-order valence-electron chi connectivity index (χ2n) is 5.71. The maximum atomic E-state index is 6.07. The lowest BCUT2D eigenvalue weighted by atomic mass is 9.78. The number of nitrogens with two attached hydrogens (primary N) is 1. The third kappa shape index (κ3) is 3.63. The van der Waals surface area contributed by atoms with Gasteiger partial charge < -0.3 is 5.73 Å². The molecule has 1 heterocycles. The molecule has 0 saturated carbocycles. The van der Waals surface area contributed by atoms with E-state index in [4.69, 9.17) is 5.73 Å². The van der Waals surface area contributed by atoms with Gasteiger partial charge in [-0.1, -0.05) is 19.9 Å². The Hall–Kier alpha value is -0.890. The minimum absolute atomic E-state index is 0.0320. The molecule has 1 aromatic heterocycles. The van der Waals surface area contributed by atoms with Gasteiger partial charge in [0.05, 0.1) is 0 Å². The van der Waals surface area contributed by atoms with Crippen molar-refractivity contribution in [2.75, 3.05) is 0 Å². The Bertz CT molecular complexity index is 335. The predicted molar refractivity (Wildman–Crippen MR) is 64.9 cm³/mol. The van der Waals surface area contributed by atoms with Gasteiger partial charge in [-0.3, -0.25) is 4.98 Å². The summed E-state index contributed by atoms with van der Waals surface area (Å²) in [6.07, 6.45) is 0.927. The van der Waals surface area contributed by atoms with Crippen LogP contribution in [-0.4, -0.2) is 10.5 Å². The van der Waals surface area contributed by atoms with Crippen LogP contribution in [0.15, 0.2) is 18.2 Å². The summed E-state index contributed by atoms with van der Waals surface area (Å²) in [5.74, 6) is 0. The molecule has 0 radical (unpaired) electrons. The molecule has 0 aliphatic carbocycles. The molecule has 15 heavy (non-hydrogen) atoms. The van der Waals surface area contributed by atoms with Gasteiger partial charge in [0.25, 0.3) is 0 Å². The van der Waals surface area contributed by atoms with Crippen molar-refractivity contribution in [3.05, 3.63) is 29.6 Å². The van der Waals surface area contributed by atoms with Crippen LogP contribution in [-0.2, 0) is 5.41 Å². The molecular formula is C13H22N2. The summed E-state index contributed by atoms with van der Waals surface area (Å²) in [6.45, 7) is 10.5. The second-order valence-corrected chi connectivity index (χ2v) is 5.71. The molecule has 2 N–H and O–H groups in total. The first-order chi connectivity index (χ1) is 6.71. The van der Waals surface area contributed by atoms with Crippen LogP contribution in [0.5, 0.6) is 0 Å². The van der Waals surface area contributed by atoms with Crippen molar-refractivity contribution in [2.45, 2.75) is 52.0 Å². The first kappa shape index (κ1) is 12.2. The van der Waals surface area contributed by atoms with Gasteiger partial charge in [-0.05, 0) is 39.3 Å². The molecule has 0 aliphatic heterocycles. The predicted octanol–water partition coefficient (Wildman–Crippen LogP) is 2.80. The van der Waals surface area contributed by atoms with Crippen molar-refractivity contribution >= 4 is 0 Å². The van der Waals surface area contributed by atoms with E-state index in [0.717, 1.165) is 17.8 Å². The summed E-state index contributed by atoms with van der Waals surface area (Å²) >= 11 is 0. The van der Waals surface area contributed by atoms with Crippen molar-refractivity contribution in [3.63, 3.8) is 0 Å². The van der Waals surface area contributed by atoms with Crippen LogP contribution in [0.2, 0.25) is 0 Å². The van der Waals surface area contributed by atoms with Gasteiger partial charge in [0.1, 0.15) is 0 Å². The average molecular weight is 206 g/mol. The normalized spacial score (nSPS) is 12.9. The lowest BCUT2D eigenvalue weighted by Gasteiger charge is -2.32. The van der Waals surface area contributed by atoms with Gasteiger partial charge >= 0.3 is 0 Å². The highest BCUT2D eigenvalue weighted by atomic mass is 14.8. The van der Waals surface area contributed by atoms with E-state index >= 15 is 0 Å². The monoisotopic (exact) mass is 206 g/mol. The Labute approximate surface area is 92.9 Å².